The molecule has 0 radical (unpaired) electrons. The van der Waals surface area contributed by atoms with Crippen molar-refractivity contribution in [1.29, 1.82) is 0 Å². The summed E-state index contributed by atoms with van der Waals surface area (Å²) in [6.45, 7) is 1.70. The molecule has 22 heavy (non-hydrogen) atoms. The van der Waals surface area contributed by atoms with E-state index in [2.05, 4.69) is 10.6 Å². The Morgan fingerprint density at radius 3 is 2.55 bits per heavy atom. The molecule has 1 aromatic carbocycles. The molecule has 0 spiro atoms. The summed E-state index contributed by atoms with van der Waals surface area (Å²) in [4.78, 5) is 22.0. The molecule has 0 aromatic heterocycles. The standard InChI is InChI=1S/C12H15F2N3O4S/c1-2-15-12(19)17-10(18)7-16-8-4-3-5-9(6-8)22(20,21)11(13)14/h3-6,11,16H,2,7H2,1H3,(H2,15,17,18,19). The quantitative estimate of drug-likeness (QED) is 0.718. The Balaban J connectivity index is 2.68. The molecule has 0 heterocycles. The average Bonchev–Trinajstić information content (AvgIpc) is 2.45. The number of sulfone groups is 1. The summed E-state index contributed by atoms with van der Waals surface area (Å²) < 4.78 is 47.5. The number of nitrogens with one attached hydrogen (secondary N) is 3. The van der Waals surface area contributed by atoms with Gasteiger partial charge in [0, 0.05) is 12.2 Å². The van der Waals surface area contributed by atoms with Crippen molar-refractivity contribution < 1.29 is 26.8 Å². The van der Waals surface area contributed by atoms with E-state index in [1.807, 2.05) is 5.32 Å². The number of urea groups is 1. The van der Waals surface area contributed by atoms with E-state index in [0.29, 0.717) is 6.54 Å². The van der Waals surface area contributed by atoms with E-state index < -0.39 is 32.4 Å². The van der Waals surface area contributed by atoms with E-state index >= 15 is 0 Å². The zero-order valence-corrected chi connectivity index (χ0v) is 12.4. The molecule has 122 valence electrons. The SMILES string of the molecule is CCNC(=O)NC(=O)CNc1cccc(S(=O)(=O)C(F)F)c1. The minimum Gasteiger partial charge on any atom is -0.376 e. The highest BCUT2D eigenvalue weighted by molar-refractivity contribution is 7.91. The Hall–Kier alpha value is -2.23. The topological polar surface area (TPSA) is 104 Å². The first-order valence-electron chi connectivity index (χ1n) is 6.21. The molecule has 10 heteroatoms. The number of carbonyl (C=O) groups excluding carboxylic acids is 2. The van der Waals surface area contributed by atoms with Crippen LogP contribution in [0.3, 0.4) is 0 Å². The Kier molecular flexibility index (Phi) is 6.23. The molecule has 0 aliphatic heterocycles. The monoisotopic (exact) mass is 335 g/mol. The van der Waals surface area contributed by atoms with Crippen LogP contribution in [0.5, 0.6) is 0 Å². The number of carbonyl (C=O) groups is 2. The van der Waals surface area contributed by atoms with Crippen molar-refractivity contribution in [3.05, 3.63) is 24.3 Å². The third-order valence-electron chi connectivity index (χ3n) is 2.44. The zero-order valence-electron chi connectivity index (χ0n) is 11.6. The predicted molar refractivity (Wildman–Crippen MR) is 75.3 cm³/mol. The van der Waals surface area contributed by atoms with Crippen LogP contribution in [-0.2, 0) is 14.6 Å². The molecule has 1 aromatic rings. The third-order valence-corrected chi connectivity index (χ3v) is 3.82. The van der Waals surface area contributed by atoms with Gasteiger partial charge in [0.1, 0.15) is 0 Å². The lowest BCUT2D eigenvalue weighted by Crippen LogP contribution is -2.41. The van der Waals surface area contributed by atoms with Crippen LogP contribution in [-0.4, -0.2) is 39.2 Å². The molecule has 0 bridgehead atoms. The van der Waals surface area contributed by atoms with Crippen LogP contribution in [0, 0.1) is 0 Å². The highest BCUT2D eigenvalue weighted by Gasteiger charge is 2.26. The molecule has 3 amide bonds. The number of imide groups is 1. The zero-order chi connectivity index (χ0) is 16.8. The maximum atomic E-state index is 12.4. The maximum Gasteiger partial charge on any atom is 0.341 e. The molecule has 0 unspecified atom stereocenters. The van der Waals surface area contributed by atoms with Gasteiger partial charge >= 0.3 is 11.8 Å². The highest BCUT2D eigenvalue weighted by atomic mass is 32.2. The third kappa shape index (κ3) is 4.95. The Morgan fingerprint density at radius 1 is 1.27 bits per heavy atom. The normalized spacial score (nSPS) is 11.1. The molecular weight excluding hydrogens is 320 g/mol. The number of benzene rings is 1. The number of hydrogen-bond acceptors (Lipinski definition) is 5. The molecule has 0 aliphatic rings. The first kappa shape index (κ1) is 17.8. The van der Waals surface area contributed by atoms with Crippen LogP contribution in [0.15, 0.2) is 29.2 Å². The van der Waals surface area contributed by atoms with Crippen molar-refractivity contribution in [2.24, 2.45) is 0 Å². The molecule has 3 N–H and O–H groups in total. The molecular formula is C12H15F2N3O4S. The van der Waals surface area contributed by atoms with Crippen molar-refractivity contribution in [3.8, 4) is 0 Å². The van der Waals surface area contributed by atoms with Gasteiger partial charge in [-0.15, -0.1) is 0 Å². The van der Waals surface area contributed by atoms with E-state index in [1.165, 1.54) is 12.1 Å². The van der Waals surface area contributed by atoms with Crippen molar-refractivity contribution >= 4 is 27.5 Å². The van der Waals surface area contributed by atoms with E-state index in [0.717, 1.165) is 12.1 Å². The number of rotatable bonds is 6. The predicted octanol–water partition coefficient (Wildman–Crippen LogP) is 0.940. The summed E-state index contributed by atoms with van der Waals surface area (Å²) in [5, 5.41) is 6.92. The molecule has 0 saturated carbocycles. The smallest absolute Gasteiger partial charge is 0.341 e. The largest absolute Gasteiger partial charge is 0.376 e. The van der Waals surface area contributed by atoms with Crippen LogP contribution in [0.2, 0.25) is 0 Å². The maximum absolute atomic E-state index is 12.4. The van der Waals surface area contributed by atoms with Crippen LogP contribution in [0.4, 0.5) is 19.3 Å². The molecule has 1 rings (SSSR count). The molecule has 0 fully saturated rings. The number of alkyl halides is 2. The van der Waals surface area contributed by atoms with E-state index in [1.54, 1.807) is 6.92 Å². The van der Waals surface area contributed by atoms with E-state index in [4.69, 9.17) is 0 Å². The second-order valence-corrected chi connectivity index (χ2v) is 6.01. The second-order valence-electron chi connectivity index (χ2n) is 4.09. The Morgan fingerprint density at radius 2 is 1.95 bits per heavy atom. The van der Waals surface area contributed by atoms with Gasteiger partial charge < -0.3 is 10.6 Å². The molecule has 7 nitrogen and oxygen atoms in total. The lowest BCUT2D eigenvalue weighted by atomic mass is 10.3. The summed E-state index contributed by atoms with van der Waals surface area (Å²) in [5.74, 6) is -4.18. The number of anilines is 1. The fraction of sp³-hybridized carbons (Fsp3) is 0.333. The second kappa shape index (κ2) is 7.69. The Bertz CT molecular complexity index is 650. The van der Waals surface area contributed by atoms with Crippen LogP contribution in [0.1, 0.15) is 6.92 Å². The lowest BCUT2D eigenvalue weighted by molar-refractivity contribution is -0.118. The van der Waals surface area contributed by atoms with Crippen molar-refractivity contribution in [2.45, 2.75) is 17.6 Å². The summed E-state index contributed by atoms with van der Waals surface area (Å²) in [6.07, 6.45) is 0. The van der Waals surface area contributed by atoms with Gasteiger partial charge in [-0.3, -0.25) is 10.1 Å². The Labute approximate surface area is 126 Å². The molecule has 0 saturated heterocycles. The van der Waals surface area contributed by atoms with Gasteiger partial charge in [0.05, 0.1) is 11.4 Å². The first-order chi connectivity index (χ1) is 10.3. The van der Waals surface area contributed by atoms with Gasteiger partial charge in [0.15, 0.2) is 0 Å². The lowest BCUT2D eigenvalue weighted by Gasteiger charge is -2.09. The van der Waals surface area contributed by atoms with Crippen LogP contribution >= 0.6 is 0 Å². The minimum atomic E-state index is -4.70. The van der Waals surface area contributed by atoms with Crippen molar-refractivity contribution in [3.63, 3.8) is 0 Å². The summed E-state index contributed by atoms with van der Waals surface area (Å²) >= 11 is 0. The highest BCUT2D eigenvalue weighted by Crippen LogP contribution is 2.21. The number of halogens is 2. The van der Waals surface area contributed by atoms with Gasteiger partial charge in [-0.1, -0.05) is 6.07 Å². The van der Waals surface area contributed by atoms with E-state index in [9.17, 15) is 26.8 Å². The van der Waals surface area contributed by atoms with Gasteiger partial charge in [-0.25, -0.2) is 13.2 Å². The van der Waals surface area contributed by atoms with E-state index in [-0.39, 0.29) is 12.2 Å². The van der Waals surface area contributed by atoms with Crippen molar-refractivity contribution in [1.82, 2.24) is 10.6 Å². The number of amides is 3. The minimum absolute atomic E-state index is 0.160. The molecule has 0 aliphatic carbocycles. The van der Waals surface area contributed by atoms with Crippen molar-refractivity contribution in [2.75, 3.05) is 18.4 Å². The summed E-state index contributed by atoms with van der Waals surface area (Å²) in [5.41, 5.74) is 0.160. The average molecular weight is 335 g/mol. The number of hydrogen-bond donors (Lipinski definition) is 3. The van der Waals surface area contributed by atoms with Gasteiger partial charge in [-0.05, 0) is 25.1 Å². The van der Waals surface area contributed by atoms with Gasteiger partial charge in [0.25, 0.3) is 0 Å². The van der Waals surface area contributed by atoms with Gasteiger partial charge in [0.2, 0.25) is 15.7 Å². The first-order valence-corrected chi connectivity index (χ1v) is 7.75. The molecule has 0 atom stereocenters. The van der Waals surface area contributed by atoms with Gasteiger partial charge in [-0.2, -0.15) is 8.78 Å². The fourth-order valence-corrected chi connectivity index (χ4v) is 2.21. The fourth-order valence-electron chi connectivity index (χ4n) is 1.44. The van der Waals surface area contributed by atoms with Crippen LogP contribution in [0.25, 0.3) is 0 Å². The summed E-state index contributed by atoms with van der Waals surface area (Å²) in [7, 11) is -4.70. The van der Waals surface area contributed by atoms with Crippen LogP contribution < -0.4 is 16.0 Å². The summed E-state index contributed by atoms with van der Waals surface area (Å²) in [6, 6.07) is 4.02.